The lowest BCUT2D eigenvalue weighted by molar-refractivity contribution is -0.0659. The van der Waals surface area contributed by atoms with E-state index in [0.29, 0.717) is 5.92 Å². The molecule has 0 heterocycles. The molecule has 3 atom stereocenters. The minimum absolute atomic E-state index is 0.118. The molecule has 13 heavy (non-hydrogen) atoms. The van der Waals surface area contributed by atoms with Gasteiger partial charge < -0.3 is 10.2 Å². The second-order valence-corrected chi connectivity index (χ2v) is 5.28. The van der Waals surface area contributed by atoms with Gasteiger partial charge in [-0.3, -0.25) is 0 Å². The monoisotopic (exact) mass is 186 g/mol. The van der Waals surface area contributed by atoms with Crippen molar-refractivity contribution in [1.29, 1.82) is 0 Å². The summed E-state index contributed by atoms with van der Waals surface area (Å²) in [6.45, 7) is 8.60. The highest BCUT2D eigenvalue weighted by Gasteiger charge is 2.53. The van der Waals surface area contributed by atoms with Crippen LogP contribution in [0.2, 0.25) is 0 Å². The summed E-state index contributed by atoms with van der Waals surface area (Å²) >= 11 is 0. The largest absolute Gasteiger partial charge is 0.394 e. The Morgan fingerprint density at radius 3 is 2.23 bits per heavy atom. The van der Waals surface area contributed by atoms with Crippen LogP contribution in [0.3, 0.4) is 0 Å². The molecule has 2 heteroatoms. The molecular formula is C11H22O2. The van der Waals surface area contributed by atoms with E-state index in [9.17, 15) is 5.11 Å². The van der Waals surface area contributed by atoms with Crippen LogP contribution in [0, 0.1) is 16.7 Å². The third kappa shape index (κ3) is 1.40. The summed E-state index contributed by atoms with van der Waals surface area (Å²) < 4.78 is 0. The summed E-state index contributed by atoms with van der Waals surface area (Å²) in [5, 5.41) is 18.8. The second-order valence-electron chi connectivity index (χ2n) is 5.28. The van der Waals surface area contributed by atoms with Gasteiger partial charge in [0.1, 0.15) is 0 Å². The smallest absolute Gasteiger partial charge is 0.0829 e. The van der Waals surface area contributed by atoms with Gasteiger partial charge in [0.25, 0.3) is 0 Å². The molecule has 0 unspecified atom stereocenters. The van der Waals surface area contributed by atoms with Crippen LogP contribution >= 0.6 is 0 Å². The molecule has 0 saturated heterocycles. The van der Waals surface area contributed by atoms with E-state index in [-0.39, 0.29) is 17.4 Å². The van der Waals surface area contributed by atoms with Gasteiger partial charge in [-0.15, -0.1) is 0 Å². The van der Waals surface area contributed by atoms with Crippen LogP contribution in [0.1, 0.15) is 40.5 Å². The molecule has 0 aromatic carbocycles. The highest BCUT2D eigenvalue weighted by molar-refractivity contribution is 5.02. The molecule has 0 radical (unpaired) electrons. The summed E-state index contributed by atoms with van der Waals surface area (Å²) in [5.41, 5.74) is -0.00366. The van der Waals surface area contributed by atoms with Crippen molar-refractivity contribution < 1.29 is 10.2 Å². The molecular weight excluding hydrogens is 164 g/mol. The van der Waals surface area contributed by atoms with Gasteiger partial charge in [0.2, 0.25) is 0 Å². The molecule has 1 fully saturated rings. The first kappa shape index (κ1) is 11.0. The minimum atomic E-state index is -0.576. The second kappa shape index (κ2) is 3.25. The zero-order valence-electron chi connectivity index (χ0n) is 9.17. The maximum Gasteiger partial charge on any atom is 0.0829 e. The van der Waals surface area contributed by atoms with Gasteiger partial charge in [-0.1, -0.05) is 27.7 Å². The van der Waals surface area contributed by atoms with E-state index in [4.69, 9.17) is 5.11 Å². The lowest BCUT2D eigenvalue weighted by atomic mass is 9.63. The number of hydrogen-bond acceptors (Lipinski definition) is 2. The molecule has 78 valence electrons. The van der Waals surface area contributed by atoms with E-state index in [2.05, 4.69) is 27.7 Å². The topological polar surface area (TPSA) is 40.5 Å². The van der Waals surface area contributed by atoms with Crippen molar-refractivity contribution in [3.8, 4) is 0 Å². The van der Waals surface area contributed by atoms with Crippen molar-refractivity contribution in [1.82, 2.24) is 0 Å². The van der Waals surface area contributed by atoms with Gasteiger partial charge in [0.15, 0.2) is 0 Å². The molecule has 0 spiro atoms. The number of rotatable bonds is 2. The summed E-state index contributed by atoms with van der Waals surface area (Å²) in [4.78, 5) is 0. The fourth-order valence-electron chi connectivity index (χ4n) is 2.56. The first-order valence-corrected chi connectivity index (χ1v) is 5.15. The quantitative estimate of drug-likeness (QED) is 0.690. The predicted octanol–water partition coefficient (Wildman–Crippen LogP) is 1.80. The summed E-state index contributed by atoms with van der Waals surface area (Å²) in [6, 6.07) is 0. The van der Waals surface area contributed by atoms with Crippen molar-refractivity contribution in [2.45, 2.75) is 46.6 Å². The summed E-state index contributed by atoms with van der Waals surface area (Å²) in [6.07, 6.45) is 1.59. The van der Waals surface area contributed by atoms with E-state index in [1.165, 1.54) is 0 Å². The molecule has 0 aromatic heterocycles. The average molecular weight is 186 g/mol. The van der Waals surface area contributed by atoms with Gasteiger partial charge in [-0.05, 0) is 24.2 Å². The van der Waals surface area contributed by atoms with Gasteiger partial charge in [-0.2, -0.15) is 0 Å². The van der Waals surface area contributed by atoms with Crippen molar-refractivity contribution in [3.63, 3.8) is 0 Å². The lowest BCUT2D eigenvalue weighted by Crippen LogP contribution is -2.44. The number of aliphatic hydroxyl groups excluding tert-OH is 2. The SMILES string of the molecule is C[C@H]1CC[C@@](C)([C@H](O)CO)C1(C)C. The van der Waals surface area contributed by atoms with Crippen LogP contribution in [0.25, 0.3) is 0 Å². The van der Waals surface area contributed by atoms with Gasteiger partial charge in [0, 0.05) is 5.41 Å². The van der Waals surface area contributed by atoms with E-state index in [0.717, 1.165) is 12.8 Å². The Bertz CT molecular complexity index is 189. The zero-order valence-corrected chi connectivity index (χ0v) is 9.17. The highest BCUT2D eigenvalue weighted by Crippen LogP contribution is 2.57. The lowest BCUT2D eigenvalue weighted by Gasteiger charge is -2.43. The Morgan fingerprint density at radius 1 is 1.38 bits per heavy atom. The fraction of sp³-hybridized carbons (Fsp3) is 1.00. The van der Waals surface area contributed by atoms with E-state index in [1.807, 2.05) is 0 Å². The molecule has 1 aliphatic rings. The van der Waals surface area contributed by atoms with Crippen molar-refractivity contribution in [2.75, 3.05) is 6.61 Å². The standard InChI is InChI=1S/C11H22O2/c1-8-5-6-11(4,9(13)7-12)10(8,2)3/h8-9,12-13H,5-7H2,1-4H3/t8-,9+,11-/m0/s1. The molecule has 1 saturated carbocycles. The normalized spacial score (nSPS) is 40.6. The van der Waals surface area contributed by atoms with Crippen LogP contribution in [0.15, 0.2) is 0 Å². The van der Waals surface area contributed by atoms with Crippen LogP contribution in [0.5, 0.6) is 0 Å². The van der Waals surface area contributed by atoms with E-state index < -0.39 is 6.10 Å². The third-order valence-electron chi connectivity index (χ3n) is 4.71. The predicted molar refractivity (Wildman–Crippen MR) is 53.4 cm³/mol. The minimum Gasteiger partial charge on any atom is -0.394 e. The fourth-order valence-corrected chi connectivity index (χ4v) is 2.56. The third-order valence-corrected chi connectivity index (χ3v) is 4.71. The van der Waals surface area contributed by atoms with Gasteiger partial charge in [0.05, 0.1) is 12.7 Å². The molecule has 0 aliphatic heterocycles. The number of hydrogen-bond donors (Lipinski definition) is 2. The molecule has 0 bridgehead atoms. The summed E-state index contributed by atoms with van der Waals surface area (Å²) in [7, 11) is 0. The van der Waals surface area contributed by atoms with Crippen molar-refractivity contribution in [2.24, 2.45) is 16.7 Å². The van der Waals surface area contributed by atoms with Gasteiger partial charge in [-0.25, -0.2) is 0 Å². The summed E-state index contributed by atoms with van der Waals surface area (Å²) in [5.74, 6) is 0.624. The zero-order chi connectivity index (χ0) is 10.3. The van der Waals surface area contributed by atoms with Gasteiger partial charge >= 0.3 is 0 Å². The molecule has 0 aromatic rings. The molecule has 1 rings (SSSR count). The maximum atomic E-state index is 9.82. The maximum absolute atomic E-state index is 9.82. The van der Waals surface area contributed by atoms with Crippen LogP contribution < -0.4 is 0 Å². The molecule has 0 amide bonds. The van der Waals surface area contributed by atoms with E-state index >= 15 is 0 Å². The number of aliphatic hydroxyl groups is 2. The van der Waals surface area contributed by atoms with Crippen LogP contribution in [-0.4, -0.2) is 22.9 Å². The Morgan fingerprint density at radius 2 is 1.92 bits per heavy atom. The Labute approximate surface area is 81.0 Å². The van der Waals surface area contributed by atoms with Crippen LogP contribution in [-0.2, 0) is 0 Å². The van der Waals surface area contributed by atoms with Crippen LogP contribution in [0.4, 0.5) is 0 Å². The Balaban J connectivity index is 2.91. The molecule has 2 N–H and O–H groups in total. The average Bonchev–Trinajstić information content (AvgIpc) is 2.29. The van der Waals surface area contributed by atoms with Crippen molar-refractivity contribution >= 4 is 0 Å². The molecule has 2 nitrogen and oxygen atoms in total. The first-order chi connectivity index (χ1) is 5.86. The molecule has 1 aliphatic carbocycles. The first-order valence-electron chi connectivity index (χ1n) is 5.15. The highest BCUT2D eigenvalue weighted by atomic mass is 16.3. The Kier molecular flexibility index (Phi) is 2.75. The van der Waals surface area contributed by atoms with Crippen molar-refractivity contribution in [3.05, 3.63) is 0 Å². The van der Waals surface area contributed by atoms with E-state index in [1.54, 1.807) is 0 Å². The Hall–Kier alpha value is -0.0800.